The number of carbonyl (C=O) groups excluding carboxylic acids is 1. The third-order valence-electron chi connectivity index (χ3n) is 2.58. The number of amides is 1. The third kappa shape index (κ3) is 5.30. The maximum atomic E-state index is 11.6. The Kier molecular flexibility index (Phi) is 6.55. The molecule has 1 amide bonds. The van der Waals surface area contributed by atoms with Crippen molar-refractivity contribution in [3.8, 4) is 5.75 Å². The van der Waals surface area contributed by atoms with Crippen molar-refractivity contribution in [2.24, 2.45) is 10.2 Å². The normalized spacial score (nSPS) is 10.2. The number of nitrogens with zero attached hydrogens (tertiary/aromatic N) is 2. The first kappa shape index (κ1) is 17.4. The summed E-state index contributed by atoms with van der Waals surface area (Å²) in [6.07, 6.45) is 0. The van der Waals surface area contributed by atoms with Crippen LogP contribution in [0.5, 0.6) is 5.75 Å². The minimum absolute atomic E-state index is 0. The molecule has 0 saturated heterocycles. The molecule has 6 heteroatoms. The van der Waals surface area contributed by atoms with Crippen LogP contribution in [0.3, 0.4) is 0 Å². The van der Waals surface area contributed by atoms with Gasteiger partial charge in [0.1, 0.15) is 0 Å². The summed E-state index contributed by atoms with van der Waals surface area (Å²) in [6.45, 7) is 3.34. The number of carbonyl (C=O) groups is 1. The molecule has 0 spiro atoms. The zero-order valence-electron chi connectivity index (χ0n) is 12.3. The van der Waals surface area contributed by atoms with Gasteiger partial charge in [-0.3, -0.25) is 4.79 Å². The topological polar surface area (TPSA) is 76.9 Å². The number of anilines is 1. The number of hydrogen-bond donors (Lipinski definition) is 1. The molecule has 2 aromatic rings. The largest absolute Gasteiger partial charge is 1.00 e. The first-order chi connectivity index (χ1) is 9.54. The number of aryl methyl sites for hydroxylation is 1. The van der Waals surface area contributed by atoms with E-state index in [1.165, 1.54) is 13.0 Å². The van der Waals surface area contributed by atoms with Gasteiger partial charge < -0.3 is 10.4 Å². The smallest absolute Gasteiger partial charge is 0.871 e. The molecule has 1 N–H and O–H groups in total. The Bertz CT molecular complexity index is 654. The average molecular weight is 291 g/mol. The van der Waals surface area contributed by atoms with Gasteiger partial charge in [0, 0.05) is 12.6 Å². The van der Waals surface area contributed by atoms with Gasteiger partial charge >= 0.3 is 29.6 Å². The monoisotopic (exact) mass is 291 g/mol. The minimum Gasteiger partial charge on any atom is -0.871 e. The Morgan fingerprint density at radius 3 is 2.38 bits per heavy atom. The van der Waals surface area contributed by atoms with E-state index in [2.05, 4.69) is 15.5 Å². The maximum Gasteiger partial charge on any atom is 1.00 e. The number of nitrogens with one attached hydrogen (secondary N) is 1. The molecule has 2 aromatic carbocycles. The summed E-state index contributed by atoms with van der Waals surface area (Å²) in [5, 5.41) is 22.2. The van der Waals surface area contributed by atoms with E-state index in [1.54, 1.807) is 36.4 Å². The quantitative estimate of drug-likeness (QED) is 0.658. The Morgan fingerprint density at radius 1 is 1.10 bits per heavy atom. The summed E-state index contributed by atoms with van der Waals surface area (Å²) < 4.78 is 0. The van der Waals surface area contributed by atoms with Crippen LogP contribution >= 0.6 is 0 Å². The summed E-state index contributed by atoms with van der Waals surface area (Å²) in [5.74, 6) is -0.288. The predicted molar refractivity (Wildman–Crippen MR) is 75.5 cm³/mol. The van der Waals surface area contributed by atoms with E-state index in [0.717, 1.165) is 5.56 Å². The van der Waals surface area contributed by atoms with E-state index in [4.69, 9.17) is 0 Å². The van der Waals surface area contributed by atoms with Crippen molar-refractivity contribution in [2.45, 2.75) is 13.8 Å². The first-order valence-electron chi connectivity index (χ1n) is 6.11. The number of hydrogen-bond acceptors (Lipinski definition) is 4. The second-order valence-electron chi connectivity index (χ2n) is 4.40. The molecule has 0 aliphatic carbocycles. The SMILES string of the molecule is CC(=O)Nc1ccc(N=Nc2cc(C)ccc2[O-])cc1.[Na+]. The molecule has 0 heterocycles. The second kappa shape index (κ2) is 7.93. The van der Waals surface area contributed by atoms with Crippen LogP contribution in [0.2, 0.25) is 0 Å². The van der Waals surface area contributed by atoms with E-state index in [9.17, 15) is 9.90 Å². The molecule has 0 fully saturated rings. The van der Waals surface area contributed by atoms with Crippen LogP contribution in [-0.4, -0.2) is 5.91 Å². The summed E-state index contributed by atoms with van der Waals surface area (Å²) >= 11 is 0. The van der Waals surface area contributed by atoms with E-state index in [-0.39, 0.29) is 41.2 Å². The van der Waals surface area contributed by atoms with Crippen LogP contribution in [0.15, 0.2) is 52.7 Å². The van der Waals surface area contributed by atoms with Gasteiger partial charge in [-0.2, -0.15) is 10.2 Å². The molecular formula is C15H14N3NaO2. The molecule has 5 nitrogen and oxygen atoms in total. The maximum absolute atomic E-state index is 11.6. The zero-order valence-corrected chi connectivity index (χ0v) is 14.3. The molecule has 0 aliphatic rings. The summed E-state index contributed by atoms with van der Waals surface area (Å²) in [4.78, 5) is 10.9. The Balaban J connectivity index is 0.00000220. The van der Waals surface area contributed by atoms with Crippen molar-refractivity contribution in [3.05, 3.63) is 48.0 Å². The number of azo groups is 1. The van der Waals surface area contributed by atoms with Gasteiger partial charge in [0.05, 0.1) is 11.4 Å². The van der Waals surface area contributed by atoms with E-state index < -0.39 is 0 Å². The molecule has 2 rings (SSSR count). The van der Waals surface area contributed by atoms with Crippen molar-refractivity contribution < 1.29 is 39.5 Å². The minimum atomic E-state index is -0.158. The van der Waals surface area contributed by atoms with Crippen LogP contribution < -0.4 is 40.0 Å². The van der Waals surface area contributed by atoms with Crippen LogP contribution in [-0.2, 0) is 4.79 Å². The van der Waals surface area contributed by atoms with Gasteiger partial charge in [0.15, 0.2) is 0 Å². The Morgan fingerprint density at radius 2 is 1.76 bits per heavy atom. The summed E-state index contributed by atoms with van der Waals surface area (Å²) in [6, 6.07) is 11.8. The van der Waals surface area contributed by atoms with Crippen molar-refractivity contribution in [2.75, 3.05) is 5.32 Å². The fraction of sp³-hybridized carbons (Fsp3) is 0.133. The van der Waals surface area contributed by atoms with Crippen molar-refractivity contribution in [1.29, 1.82) is 0 Å². The summed E-state index contributed by atoms with van der Waals surface area (Å²) in [7, 11) is 0. The number of benzene rings is 2. The standard InChI is InChI=1S/C15H15N3O2.Na/c1-10-3-8-15(20)14(9-10)18-17-13-6-4-12(5-7-13)16-11(2)19;/h3-9,20H,1-2H3,(H,16,19);/q;+1/p-1. The Hall–Kier alpha value is -1.69. The average Bonchev–Trinajstić information content (AvgIpc) is 2.41. The predicted octanol–water partition coefficient (Wildman–Crippen LogP) is 0.446. The number of rotatable bonds is 3. The van der Waals surface area contributed by atoms with E-state index >= 15 is 0 Å². The van der Waals surface area contributed by atoms with Crippen LogP contribution in [0.4, 0.5) is 17.1 Å². The van der Waals surface area contributed by atoms with Crippen LogP contribution in [0, 0.1) is 6.92 Å². The molecule has 0 aromatic heterocycles. The van der Waals surface area contributed by atoms with Gasteiger partial charge in [-0.05, 0) is 42.8 Å². The first-order valence-corrected chi connectivity index (χ1v) is 6.11. The molecular weight excluding hydrogens is 277 g/mol. The van der Waals surface area contributed by atoms with E-state index in [1.807, 2.05) is 6.92 Å². The van der Waals surface area contributed by atoms with Crippen molar-refractivity contribution in [3.63, 3.8) is 0 Å². The molecule has 0 saturated carbocycles. The van der Waals surface area contributed by atoms with Gasteiger partial charge in [0.2, 0.25) is 5.91 Å². The van der Waals surface area contributed by atoms with Crippen molar-refractivity contribution >= 4 is 23.0 Å². The van der Waals surface area contributed by atoms with Gasteiger partial charge in [-0.25, -0.2) is 0 Å². The molecule has 0 radical (unpaired) electrons. The molecule has 0 aliphatic heterocycles. The second-order valence-corrected chi connectivity index (χ2v) is 4.40. The third-order valence-corrected chi connectivity index (χ3v) is 2.58. The van der Waals surface area contributed by atoms with Crippen LogP contribution in [0.25, 0.3) is 0 Å². The van der Waals surface area contributed by atoms with Crippen LogP contribution in [0.1, 0.15) is 12.5 Å². The fourth-order valence-corrected chi connectivity index (χ4v) is 1.63. The zero-order chi connectivity index (χ0) is 14.5. The molecule has 0 atom stereocenters. The molecule has 0 unspecified atom stereocenters. The fourth-order valence-electron chi connectivity index (χ4n) is 1.63. The molecule has 0 bridgehead atoms. The van der Waals surface area contributed by atoms with E-state index in [0.29, 0.717) is 17.1 Å². The van der Waals surface area contributed by atoms with Crippen molar-refractivity contribution in [1.82, 2.24) is 0 Å². The molecule has 21 heavy (non-hydrogen) atoms. The molecule has 102 valence electrons. The summed E-state index contributed by atoms with van der Waals surface area (Å²) in [5.41, 5.74) is 2.58. The van der Waals surface area contributed by atoms with Gasteiger partial charge in [-0.1, -0.05) is 17.9 Å². The van der Waals surface area contributed by atoms with Gasteiger partial charge in [0.25, 0.3) is 0 Å². The van der Waals surface area contributed by atoms with Gasteiger partial charge in [-0.15, -0.1) is 0 Å². The Labute approximate surface area is 145 Å².